The number of amides is 1. The number of hydrogen-bond donors (Lipinski definition) is 1. The van der Waals surface area contributed by atoms with Crippen molar-refractivity contribution in [1.29, 1.82) is 0 Å². The van der Waals surface area contributed by atoms with Crippen LogP contribution in [0.5, 0.6) is 0 Å². The predicted molar refractivity (Wildman–Crippen MR) is 81.4 cm³/mol. The van der Waals surface area contributed by atoms with E-state index in [-0.39, 0.29) is 11.8 Å². The van der Waals surface area contributed by atoms with Crippen LogP contribution in [0.3, 0.4) is 0 Å². The Kier molecular flexibility index (Phi) is 3.54. The van der Waals surface area contributed by atoms with Crippen molar-refractivity contribution in [3.63, 3.8) is 0 Å². The molecule has 1 amide bonds. The fourth-order valence-electron chi connectivity index (χ4n) is 3.45. The Hall–Kier alpha value is -2.11. The molecule has 1 N–H and O–H groups in total. The molecule has 1 saturated heterocycles. The third-order valence-electron chi connectivity index (χ3n) is 4.92. The molecule has 1 aliphatic carbocycles. The summed E-state index contributed by atoms with van der Waals surface area (Å²) in [5, 5.41) is 9.21. The second-order valence-corrected chi connectivity index (χ2v) is 6.62. The van der Waals surface area contributed by atoms with Crippen LogP contribution in [0.1, 0.15) is 13.8 Å². The van der Waals surface area contributed by atoms with E-state index in [9.17, 15) is 14.7 Å². The van der Waals surface area contributed by atoms with Crippen LogP contribution in [0, 0.1) is 17.3 Å². The van der Waals surface area contributed by atoms with Crippen LogP contribution in [0.2, 0.25) is 0 Å². The molecule has 0 aromatic carbocycles. The maximum absolute atomic E-state index is 12.6. The van der Waals surface area contributed by atoms with Crippen LogP contribution >= 0.6 is 0 Å². The lowest BCUT2D eigenvalue weighted by Gasteiger charge is -2.35. The first-order valence-corrected chi connectivity index (χ1v) is 7.60. The Balaban J connectivity index is 1.60. The highest BCUT2D eigenvalue weighted by Crippen LogP contribution is 2.59. The van der Waals surface area contributed by atoms with E-state index in [2.05, 4.69) is 9.88 Å². The quantitative estimate of drug-likeness (QED) is 0.905. The number of aromatic nitrogens is 1. The lowest BCUT2D eigenvalue weighted by Crippen LogP contribution is -2.50. The Morgan fingerprint density at radius 2 is 1.86 bits per heavy atom. The van der Waals surface area contributed by atoms with Gasteiger partial charge in [0, 0.05) is 32.4 Å². The van der Waals surface area contributed by atoms with E-state index in [0.717, 1.165) is 18.9 Å². The van der Waals surface area contributed by atoms with Gasteiger partial charge < -0.3 is 14.9 Å². The number of rotatable bonds is 3. The molecular weight excluding hydrogens is 282 g/mol. The van der Waals surface area contributed by atoms with E-state index < -0.39 is 17.3 Å². The number of carbonyl (C=O) groups is 2. The molecular formula is C16H21N3O3. The number of carbonyl (C=O) groups excluding carboxylic acids is 1. The highest BCUT2D eigenvalue weighted by atomic mass is 16.4. The Morgan fingerprint density at radius 3 is 2.36 bits per heavy atom. The van der Waals surface area contributed by atoms with E-state index in [0.29, 0.717) is 13.1 Å². The monoisotopic (exact) mass is 303 g/mol. The molecule has 0 bridgehead atoms. The molecule has 1 aromatic heterocycles. The van der Waals surface area contributed by atoms with Gasteiger partial charge in [-0.3, -0.25) is 9.59 Å². The van der Waals surface area contributed by atoms with Crippen LogP contribution in [-0.4, -0.2) is 53.0 Å². The number of anilines is 1. The van der Waals surface area contributed by atoms with E-state index in [1.165, 1.54) is 0 Å². The molecule has 1 saturated carbocycles. The molecule has 6 heteroatoms. The van der Waals surface area contributed by atoms with Gasteiger partial charge in [0.1, 0.15) is 5.82 Å². The zero-order valence-corrected chi connectivity index (χ0v) is 12.9. The second kappa shape index (κ2) is 5.26. The van der Waals surface area contributed by atoms with Gasteiger partial charge in [0.15, 0.2) is 0 Å². The van der Waals surface area contributed by atoms with E-state index in [1.807, 2.05) is 32.0 Å². The normalized spacial score (nSPS) is 26.6. The van der Waals surface area contributed by atoms with Crippen LogP contribution in [0.25, 0.3) is 0 Å². The summed E-state index contributed by atoms with van der Waals surface area (Å²) >= 11 is 0. The number of carboxylic acids is 1. The van der Waals surface area contributed by atoms with Crippen molar-refractivity contribution in [3.05, 3.63) is 24.4 Å². The summed E-state index contributed by atoms with van der Waals surface area (Å²) < 4.78 is 0. The van der Waals surface area contributed by atoms with Crippen molar-refractivity contribution in [2.24, 2.45) is 17.3 Å². The third kappa shape index (κ3) is 2.42. The average molecular weight is 303 g/mol. The number of pyridine rings is 1. The van der Waals surface area contributed by atoms with Crippen LogP contribution < -0.4 is 4.90 Å². The van der Waals surface area contributed by atoms with Gasteiger partial charge in [-0.2, -0.15) is 0 Å². The largest absolute Gasteiger partial charge is 0.481 e. The molecule has 1 aromatic rings. The van der Waals surface area contributed by atoms with Crippen molar-refractivity contribution in [2.45, 2.75) is 13.8 Å². The summed E-state index contributed by atoms with van der Waals surface area (Å²) in [5.74, 6) is -0.890. The maximum Gasteiger partial charge on any atom is 0.307 e. The molecule has 22 heavy (non-hydrogen) atoms. The van der Waals surface area contributed by atoms with Crippen molar-refractivity contribution < 1.29 is 14.7 Å². The standard InChI is InChI=1S/C16H21N3O3/c1-16(2)12(13(16)15(21)22)14(20)19-9-7-18(8-10-19)11-5-3-4-6-17-11/h3-6,12-13H,7-10H2,1-2H3,(H,21,22)/t12-,13+/m0/s1. The summed E-state index contributed by atoms with van der Waals surface area (Å²) in [5.41, 5.74) is -0.430. The van der Waals surface area contributed by atoms with E-state index in [4.69, 9.17) is 0 Å². The summed E-state index contributed by atoms with van der Waals surface area (Å²) in [4.78, 5) is 32.1. The molecule has 2 atom stereocenters. The summed E-state index contributed by atoms with van der Waals surface area (Å²) in [6.07, 6.45) is 1.76. The molecule has 118 valence electrons. The van der Waals surface area contributed by atoms with Gasteiger partial charge in [0.25, 0.3) is 0 Å². The number of carboxylic acid groups (broad SMARTS) is 1. The van der Waals surface area contributed by atoms with Crippen molar-refractivity contribution in [2.75, 3.05) is 31.1 Å². The van der Waals surface area contributed by atoms with Gasteiger partial charge >= 0.3 is 5.97 Å². The molecule has 6 nitrogen and oxygen atoms in total. The fraction of sp³-hybridized carbons (Fsp3) is 0.562. The average Bonchev–Trinajstić information content (AvgIpc) is 3.10. The molecule has 2 heterocycles. The second-order valence-electron chi connectivity index (χ2n) is 6.62. The first-order valence-electron chi connectivity index (χ1n) is 7.60. The zero-order valence-electron chi connectivity index (χ0n) is 12.9. The number of nitrogens with zero attached hydrogens (tertiary/aromatic N) is 3. The Morgan fingerprint density at radius 1 is 1.18 bits per heavy atom. The van der Waals surface area contributed by atoms with Crippen LogP contribution in [0.4, 0.5) is 5.82 Å². The SMILES string of the molecule is CC1(C)[C@H](C(=O)N2CCN(c3ccccn3)CC2)[C@@H]1C(=O)O. The van der Waals surface area contributed by atoms with Crippen molar-refractivity contribution >= 4 is 17.7 Å². The van der Waals surface area contributed by atoms with Gasteiger partial charge in [-0.1, -0.05) is 19.9 Å². The fourth-order valence-corrected chi connectivity index (χ4v) is 3.45. The minimum absolute atomic E-state index is 0.0157. The van der Waals surface area contributed by atoms with Crippen molar-refractivity contribution in [3.8, 4) is 0 Å². The number of aliphatic carboxylic acids is 1. The van der Waals surface area contributed by atoms with Gasteiger partial charge in [-0.15, -0.1) is 0 Å². The molecule has 1 aliphatic heterocycles. The van der Waals surface area contributed by atoms with Gasteiger partial charge in [-0.25, -0.2) is 4.98 Å². The van der Waals surface area contributed by atoms with Crippen LogP contribution in [-0.2, 0) is 9.59 Å². The molecule has 2 aliphatic rings. The maximum atomic E-state index is 12.6. The molecule has 0 unspecified atom stereocenters. The first kappa shape index (κ1) is 14.8. The van der Waals surface area contributed by atoms with E-state index in [1.54, 1.807) is 11.1 Å². The van der Waals surface area contributed by atoms with Gasteiger partial charge in [-0.05, 0) is 17.5 Å². The van der Waals surface area contributed by atoms with Crippen molar-refractivity contribution in [1.82, 2.24) is 9.88 Å². The summed E-state index contributed by atoms with van der Waals surface area (Å²) in [7, 11) is 0. The highest BCUT2D eigenvalue weighted by molar-refractivity contribution is 5.91. The number of hydrogen-bond acceptors (Lipinski definition) is 4. The number of piperazine rings is 1. The third-order valence-corrected chi connectivity index (χ3v) is 4.92. The minimum Gasteiger partial charge on any atom is -0.481 e. The molecule has 3 rings (SSSR count). The summed E-state index contributed by atoms with van der Waals surface area (Å²) in [6.45, 7) is 6.42. The predicted octanol–water partition coefficient (Wildman–Crippen LogP) is 1.09. The lowest BCUT2D eigenvalue weighted by molar-refractivity contribution is -0.142. The molecule has 0 spiro atoms. The summed E-state index contributed by atoms with van der Waals surface area (Å²) in [6, 6.07) is 5.79. The molecule has 0 radical (unpaired) electrons. The highest BCUT2D eigenvalue weighted by Gasteiger charge is 2.66. The van der Waals surface area contributed by atoms with Crippen LogP contribution in [0.15, 0.2) is 24.4 Å². The van der Waals surface area contributed by atoms with Gasteiger partial charge in [0.2, 0.25) is 5.91 Å². The minimum atomic E-state index is -0.865. The Bertz CT molecular complexity index is 580. The van der Waals surface area contributed by atoms with E-state index >= 15 is 0 Å². The topological polar surface area (TPSA) is 73.7 Å². The van der Waals surface area contributed by atoms with Gasteiger partial charge in [0.05, 0.1) is 11.8 Å². The zero-order chi connectivity index (χ0) is 15.9. The molecule has 2 fully saturated rings. The smallest absolute Gasteiger partial charge is 0.307 e. The lowest BCUT2D eigenvalue weighted by atomic mass is 10.1. The first-order chi connectivity index (χ1) is 10.4. The Labute approximate surface area is 129 Å².